The van der Waals surface area contributed by atoms with Crippen LogP contribution >= 0.6 is 0 Å². The van der Waals surface area contributed by atoms with Gasteiger partial charge in [0.15, 0.2) is 0 Å². The molecule has 0 radical (unpaired) electrons. The Kier molecular flexibility index (Phi) is 4.58. The first-order valence-electron chi connectivity index (χ1n) is 8.81. The lowest BCUT2D eigenvalue weighted by Gasteiger charge is -2.24. The third-order valence-corrected chi connectivity index (χ3v) is 5.23. The molecule has 1 aliphatic carbocycles. The topological polar surface area (TPSA) is 97.6 Å². The van der Waals surface area contributed by atoms with E-state index in [0.29, 0.717) is 24.7 Å². The van der Waals surface area contributed by atoms with Crippen LogP contribution in [0.4, 0.5) is 10.5 Å². The van der Waals surface area contributed by atoms with Crippen LogP contribution in [0.1, 0.15) is 38.7 Å². The van der Waals surface area contributed by atoms with Crippen molar-refractivity contribution >= 4 is 17.6 Å². The van der Waals surface area contributed by atoms with Gasteiger partial charge < -0.3 is 20.7 Å². The molecule has 0 aromatic carbocycles. The van der Waals surface area contributed by atoms with Gasteiger partial charge >= 0.3 is 6.03 Å². The van der Waals surface area contributed by atoms with Gasteiger partial charge in [-0.15, -0.1) is 0 Å². The highest BCUT2D eigenvalue weighted by Crippen LogP contribution is 2.48. The SMILES string of the molecule is Cc1cnc(OC(C)C)c(NC(=O)N2C[C@@H]3CCC[C@]3(C(N)=O)C2)c1. The zero-order valence-corrected chi connectivity index (χ0v) is 15.0. The maximum Gasteiger partial charge on any atom is 0.322 e. The monoisotopic (exact) mass is 346 g/mol. The number of carbonyl (C=O) groups is 2. The average Bonchev–Trinajstić information content (AvgIpc) is 3.07. The Hall–Kier alpha value is -2.31. The number of aryl methyl sites for hydroxylation is 1. The van der Waals surface area contributed by atoms with Crippen LogP contribution in [0.3, 0.4) is 0 Å². The summed E-state index contributed by atoms with van der Waals surface area (Å²) in [5, 5.41) is 2.89. The first-order valence-corrected chi connectivity index (χ1v) is 8.81. The molecule has 1 aliphatic heterocycles. The highest BCUT2D eigenvalue weighted by atomic mass is 16.5. The summed E-state index contributed by atoms with van der Waals surface area (Å²) in [6, 6.07) is 1.60. The number of pyridine rings is 1. The lowest BCUT2D eigenvalue weighted by molar-refractivity contribution is -0.128. The predicted octanol–water partition coefficient (Wildman–Crippen LogP) is 2.30. The number of nitrogens with two attached hydrogens (primary N) is 1. The van der Waals surface area contributed by atoms with Crippen LogP contribution in [0.15, 0.2) is 12.3 Å². The van der Waals surface area contributed by atoms with E-state index in [9.17, 15) is 9.59 Å². The number of urea groups is 1. The van der Waals surface area contributed by atoms with Gasteiger partial charge in [0.1, 0.15) is 5.69 Å². The smallest absolute Gasteiger partial charge is 0.322 e. The van der Waals surface area contributed by atoms with E-state index in [1.165, 1.54) is 0 Å². The minimum atomic E-state index is -0.556. The van der Waals surface area contributed by atoms with E-state index in [0.717, 1.165) is 24.8 Å². The molecule has 7 heteroatoms. The van der Waals surface area contributed by atoms with Gasteiger partial charge in [-0.05, 0) is 51.2 Å². The summed E-state index contributed by atoms with van der Waals surface area (Å²) in [6.45, 7) is 6.67. The lowest BCUT2D eigenvalue weighted by Crippen LogP contribution is -2.42. The number of primary amides is 1. The Labute approximate surface area is 147 Å². The van der Waals surface area contributed by atoms with Crippen LogP contribution in [0.5, 0.6) is 5.88 Å². The number of ether oxygens (including phenoxy) is 1. The highest BCUT2D eigenvalue weighted by Gasteiger charge is 2.54. The summed E-state index contributed by atoms with van der Waals surface area (Å²) >= 11 is 0. The van der Waals surface area contributed by atoms with E-state index in [1.54, 1.807) is 11.1 Å². The van der Waals surface area contributed by atoms with E-state index >= 15 is 0 Å². The maximum absolute atomic E-state index is 12.7. The Bertz CT molecular complexity index is 691. The van der Waals surface area contributed by atoms with Crippen molar-refractivity contribution in [2.45, 2.75) is 46.1 Å². The molecule has 3 rings (SSSR count). The highest BCUT2D eigenvalue weighted by molar-refractivity contribution is 5.92. The lowest BCUT2D eigenvalue weighted by atomic mass is 9.80. The minimum absolute atomic E-state index is 0.0462. The Morgan fingerprint density at radius 2 is 2.24 bits per heavy atom. The fourth-order valence-corrected chi connectivity index (χ4v) is 4.00. The van der Waals surface area contributed by atoms with Crippen LogP contribution in [0, 0.1) is 18.3 Å². The van der Waals surface area contributed by atoms with Crippen molar-refractivity contribution in [3.63, 3.8) is 0 Å². The molecule has 1 saturated heterocycles. The molecule has 0 bridgehead atoms. The number of nitrogens with one attached hydrogen (secondary N) is 1. The number of fused-ring (bicyclic) bond motifs is 1. The van der Waals surface area contributed by atoms with Crippen molar-refractivity contribution in [3.05, 3.63) is 17.8 Å². The van der Waals surface area contributed by atoms with Crippen molar-refractivity contribution < 1.29 is 14.3 Å². The van der Waals surface area contributed by atoms with Crippen LogP contribution in [0.2, 0.25) is 0 Å². The van der Waals surface area contributed by atoms with Gasteiger partial charge in [-0.2, -0.15) is 0 Å². The second-order valence-electron chi connectivity index (χ2n) is 7.45. The number of rotatable bonds is 4. The van der Waals surface area contributed by atoms with Crippen molar-refractivity contribution in [2.75, 3.05) is 18.4 Å². The molecule has 136 valence electrons. The van der Waals surface area contributed by atoms with Gasteiger partial charge in [0.05, 0.1) is 11.5 Å². The van der Waals surface area contributed by atoms with Crippen molar-refractivity contribution in [1.82, 2.24) is 9.88 Å². The number of aromatic nitrogens is 1. The second kappa shape index (κ2) is 6.54. The Morgan fingerprint density at radius 3 is 2.88 bits per heavy atom. The summed E-state index contributed by atoms with van der Waals surface area (Å²) in [6.07, 6.45) is 4.37. The van der Waals surface area contributed by atoms with Gasteiger partial charge in [0.2, 0.25) is 11.8 Å². The number of amides is 3. The first kappa shape index (κ1) is 17.5. The van der Waals surface area contributed by atoms with Crippen LogP contribution < -0.4 is 15.8 Å². The van der Waals surface area contributed by atoms with Crippen LogP contribution in [-0.2, 0) is 4.79 Å². The second-order valence-corrected chi connectivity index (χ2v) is 7.45. The van der Waals surface area contributed by atoms with Crippen LogP contribution in [-0.4, -0.2) is 41.0 Å². The molecule has 3 N–H and O–H groups in total. The van der Waals surface area contributed by atoms with E-state index in [2.05, 4.69) is 10.3 Å². The summed E-state index contributed by atoms with van der Waals surface area (Å²) in [5.41, 5.74) is 6.58. The molecular weight excluding hydrogens is 320 g/mol. The molecule has 2 heterocycles. The van der Waals surface area contributed by atoms with E-state index in [-0.39, 0.29) is 24.0 Å². The van der Waals surface area contributed by atoms with E-state index in [1.807, 2.05) is 26.8 Å². The quantitative estimate of drug-likeness (QED) is 0.874. The number of likely N-dealkylation sites (tertiary alicyclic amines) is 1. The predicted molar refractivity (Wildman–Crippen MR) is 94.3 cm³/mol. The third kappa shape index (κ3) is 3.27. The molecule has 0 spiro atoms. The first-order chi connectivity index (χ1) is 11.8. The Balaban J connectivity index is 1.75. The van der Waals surface area contributed by atoms with E-state index in [4.69, 9.17) is 10.5 Å². The minimum Gasteiger partial charge on any atom is -0.473 e. The van der Waals surface area contributed by atoms with Crippen LogP contribution in [0.25, 0.3) is 0 Å². The maximum atomic E-state index is 12.7. The fourth-order valence-electron chi connectivity index (χ4n) is 4.00. The molecule has 3 amide bonds. The Morgan fingerprint density at radius 1 is 1.48 bits per heavy atom. The standard InChI is InChI=1S/C18H26N4O3/c1-11(2)25-15-14(7-12(3)8-20-15)21-17(24)22-9-13-5-4-6-18(13,10-22)16(19)23/h7-8,11,13H,4-6,9-10H2,1-3H3,(H2,19,23)(H,21,24)/t13-,18-/m0/s1. The number of hydrogen-bond acceptors (Lipinski definition) is 4. The molecule has 1 aromatic rings. The number of hydrogen-bond donors (Lipinski definition) is 2. The average molecular weight is 346 g/mol. The normalized spacial score (nSPS) is 25.1. The molecule has 0 unspecified atom stereocenters. The van der Waals surface area contributed by atoms with Gasteiger partial charge in [0.25, 0.3) is 0 Å². The van der Waals surface area contributed by atoms with Crippen molar-refractivity contribution in [3.8, 4) is 5.88 Å². The number of carbonyl (C=O) groups excluding carboxylic acids is 2. The molecule has 7 nitrogen and oxygen atoms in total. The summed E-state index contributed by atoms with van der Waals surface area (Å²) in [5.74, 6) is 0.280. The fraction of sp³-hybridized carbons (Fsp3) is 0.611. The van der Waals surface area contributed by atoms with Gasteiger partial charge in [-0.1, -0.05) is 6.42 Å². The molecular formula is C18H26N4O3. The molecule has 25 heavy (non-hydrogen) atoms. The van der Waals surface area contributed by atoms with Gasteiger partial charge in [-0.3, -0.25) is 4.79 Å². The summed E-state index contributed by atoms with van der Waals surface area (Å²) in [4.78, 5) is 30.7. The number of anilines is 1. The zero-order chi connectivity index (χ0) is 18.2. The molecule has 2 atom stereocenters. The van der Waals surface area contributed by atoms with Crippen molar-refractivity contribution in [1.29, 1.82) is 0 Å². The summed E-state index contributed by atoms with van der Waals surface area (Å²) < 4.78 is 5.68. The number of nitrogens with zero attached hydrogens (tertiary/aromatic N) is 2. The zero-order valence-electron chi connectivity index (χ0n) is 15.0. The molecule has 2 fully saturated rings. The largest absolute Gasteiger partial charge is 0.473 e. The van der Waals surface area contributed by atoms with Crippen molar-refractivity contribution in [2.24, 2.45) is 17.1 Å². The third-order valence-electron chi connectivity index (χ3n) is 5.23. The summed E-state index contributed by atoms with van der Waals surface area (Å²) in [7, 11) is 0. The van der Waals surface area contributed by atoms with Gasteiger partial charge in [0, 0.05) is 19.3 Å². The van der Waals surface area contributed by atoms with E-state index < -0.39 is 5.41 Å². The molecule has 1 aromatic heterocycles. The van der Waals surface area contributed by atoms with Gasteiger partial charge in [-0.25, -0.2) is 9.78 Å². The molecule has 1 saturated carbocycles. The molecule has 2 aliphatic rings.